The van der Waals surface area contributed by atoms with Crippen LogP contribution in [0, 0.1) is 6.92 Å². The summed E-state index contributed by atoms with van der Waals surface area (Å²) in [5.74, 6) is -0.280. The van der Waals surface area contributed by atoms with Gasteiger partial charge in [0.05, 0.1) is 6.42 Å². The van der Waals surface area contributed by atoms with Crippen molar-refractivity contribution in [2.75, 3.05) is 10.6 Å². The van der Waals surface area contributed by atoms with E-state index < -0.39 is 0 Å². The lowest BCUT2D eigenvalue weighted by Gasteiger charge is -2.10. The number of hydrogen-bond acceptors (Lipinski definition) is 2. The molecule has 0 fully saturated rings. The van der Waals surface area contributed by atoms with Crippen LogP contribution in [0.4, 0.5) is 11.4 Å². The largest absolute Gasteiger partial charge is 0.326 e. The number of halogens is 1. The third-order valence-corrected chi connectivity index (χ3v) is 3.92. The molecule has 2 N–H and O–H groups in total. The molecule has 0 aliphatic carbocycles. The fraction of sp³-hybridized carbons (Fsp3) is 0.125. The number of fused-ring (bicyclic) bond motifs is 1. The quantitative estimate of drug-likeness (QED) is 0.893. The summed E-state index contributed by atoms with van der Waals surface area (Å²) in [6.45, 7) is 1.85. The second kappa shape index (κ2) is 5.22. The normalized spacial score (nSPS) is 12.8. The average molecular weight is 301 g/mol. The first-order chi connectivity index (χ1) is 10.0. The van der Waals surface area contributed by atoms with Crippen molar-refractivity contribution < 1.29 is 9.59 Å². The van der Waals surface area contributed by atoms with Crippen LogP contribution in [0.2, 0.25) is 5.02 Å². The van der Waals surface area contributed by atoms with Gasteiger partial charge in [-0.15, -0.1) is 0 Å². The molecular formula is C16H13ClN2O2. The van der Waals surface area contributed by atoms with E-state index >= 15 is 0 Å². The van der Waals surface area contributed by atoms with Crippen LogP contribution in [0.1, 0.15) is 21.5 Å². The molecule has 3 rings (SSSR count). The van der Waals surface area contributed by atoms with Crippen molar-refractivity contribution in [3.05, 3.63) is 58.1 Å². The maximum Gasteiger partial charge on any atom is 0.255 e. The lowest BCUT2D eigenvalue weighted by Crippen LogP contribution is -2.13. The second-order valence-corrected chi connectivity index (χ2v) is 5.37. The lowest BCUT2D eigenvalue weighted by atomic mass is 10.1. The van der Waals surface area contributed by atoms with Crippen LogP contribution >= 0.6 is 11.6 Å². The Labute approximate surface area is 127 Å². The molecule has 0 atom stereocenters. The van der Waals surface area contributed by atoms with Gasteiger partial charge in [-0.1, -0.05) is 23.7 Å². The van der Waals surface area contributed by atoms with Crippen LogP contribution in [0.5, 0.6) is 0 Å². The third-order valence-electron chi connectivity index (χ3n) is 3.51. The summed E-state index contributed by atoms with van der Waals surface area (Å²) in [4.78, 5) is 23.6. The van der Waals surface area contributed by atoms with Gasteiger partial charge >= 0.3 is 0 Å². The van der Waals surface area contributed by atoms with Crippen molar-refractivity contribution in [3.63, 3.8) is 0 Å². The molecule has 0 unspecified atom stereocenters. The van der Waals surface area contributed by atoms with Gasteiger partial charge in [-0.3, -0.25) is 9.59 Å². The summed E-state index contributed by atoms with van der Waals surface area (Å²) in [6, 6.07) is 10.6. The Hall–Kier alpha value is -2.33. The molecule has 1 heterocycles. The van der Waals surface area contributed by atoms with Crippen molar-refractivity contribution in [1.29, 1.82) is 0 Å². The van der Waals surface area contributed by atoms with Crippen LogP contribution in [-0.4, -0.2) is 11.8 Å². The minimum absolute atomic E-state index is 0.0479. The fourth-order valence-electron chi connectivity index (χ4n) is 2.29. The van der Waals surface area contributed by atoms with E-state index in [9.17, 15) is 9.59 Å². The standard InChI is InChI=1S/C16H13ClN2O2/c1-9-12(17)3-2-4-13(9)19-16(21)11-6-5-10-8-15(20)18-14(10)7-11/h2-7H,8H2,1H3,(H,18,20)(H,19,21). The molecular weight excluding hydrogens is 288 g/mol. The van der Waals surface area contributed by atoms with E-state index in [1.165, 1.54) is 0 Å². The van der Waals surface area contributed by atoms with Gasteiger partial charge in [-0.2, -0.15) is 0 Å². The van der Waals surface area contributed by atoms with Gasteiger partial charge in [0.2, 0.25) is 5.91 Å². The Balaban J connectivity index is 1.85. The zero-order valence-corrected chi connectivity index (χ0v) is 12.1. The van der Waals surface area contributed by atoms with Gasteiger partial charge in [0, 0.05) is 22.0 Å². The van der Waals surface area contributed by atoms with Crippen LogP contribution in [0.3, 0.4) is 0 Å². The number of hydrogen-bond donors (Lipinski definition) is 2. The second-order valence-electron chi connectivity index (χ2n) is 4.96. The number of nitrogens with one attached hydrogen (secondary N) is 2. The number of amides is 2. The summed E-state index contributed by atoms with van der Waals surface area (Å²) in [5, 5.41) is 6.18. The van der Waals surface area contributed by atoms with Crippen LogP contribution in [-0.2, 0) is 11.2 Å². The zero-order valence-electron chi connectivity index (χ0n) is 11.4. The Morgan fingerprint density at radius 3 is 2.90 bits per heavy atom. The molecule has 0 aromatic heterocycles. The molecule has 2 aromatic carbocycles. The molecule has 21 heavy (non-hydrogen) atoms. The topological polar surface area (TPSA) is 58.2 Å². The first-order valence-electron chi connectivity index (χ1n) is 6.54. The molecule has 0 saturated heterocycles. The highest BCUT2D eigenvalue weighted by atomic mass is 35.5. The van der Waals surface area contributed by atoms with Gasteiger partial charge < -0.3 is 10.6 Å². The Morgan fingerprint density at radius 1 is 1.29 bits per heavy atom. The highest BCUT2D eigenvalue weighted by molar-refractivity contribution is 6.31. The average Bonchev–Trinajstić information content (AvgIpc) is 2.82. The summed E-state index contributed by atoms with van der Waals surface area (Å²) in [5.41, 5.74) is 3.61. The summed E-state index contributed by atoms with van der Waals surface area (Å²) in [7, 11) is 0. The van der Waals surface area contributed by atoms with Crippen molar-refractivity contribution in [2.24, 2.45) is 0 Å². The fourth-order valence-corrected chi connectivity index (χ4v) is 2.47. The smallest absolute Gasteiger partial charge is 0.255 e. The molecule has 2 aromatic rings. The lowest BCUT2D eigenvalue weighted by molar-refractivity contribution is -0.115. The molecule has 106 valence electrons. The van der Waals surface area contributed by atoms with Crippen molar-refractivity contribution in [3.8, 4) is 0 Å². The number of carbonyl (C=O) groups is 2. The number of anilines is 2. The van der Waals surface area contributed by atoms with Crippen LogP contribution < -0.4 is 10.6 Å². The Morgan fingerprint density at radius 2 is 2.10 bits per heavy atom. The van der Waals surface area contributed by atoms with Gasteiger partial charge in [0.1, 0.15) is 0 Å². The third kappa shape index (κ3) is 2.62. The Kier molecular flexibility index (Phi) is 3.39. The van der Waals surface area contributed by atoms with E-state index in [0.29, 0.717) is 28.4 Å². The summed E-state index contributed by atoms with van der Waals surface area (Å²) in [6.07, 6.45) is 0.366. The maximum atomic E-state index is 12.3. The van der Waals surface area contributed by atoms with Gasteiger partial charge in [-0.05, 0) is 42.3 Å². The molecule has 4 nitrogen and oxygen atoms in total. The molecule has 5 heteroatoms. The molecule has 1 aliphatic heterocycles. The first-order valence-corrected chi connectivity index (χ1v) is 6.91. The number of benzene rings is 2. The zero-order chi connectivity index (χ0) is 15.0. The molecule has 1 aliphatic rings. The van der Waals surface area contributed by atoms with E-state index in [1.54, 1.807) is 36.4 Å². The van der Waals surface area contributed by atoms with E-state index in [0.717, 1.165) is 11.1 Å². The minimum Gasteiger partial charge on any atom is -0.326 e. The highest BCUT2D eigenvalue weighted by Gasteiger charge is 2.19. The highest BCUT2D eigenvalue weighted by Crippen LogP contribution is 2.26. The van der Waals surface area contributed by atoms with E-state index in [4.69, 9.17) is 11.6 Å². The van der Waals surface area contributed by atoms with Crippen LogP contribution in [0.15, 0.2) is 36.4 Å². The predicted octanol–water partition coefficient (Wildman–Crippen LogP) is 3.40. The summed E-state index contributed by atoms with van der Waals surface area (Å²) < 4.78 is 0. The number of rotatable bonds is 2. The summed E-state index contributed by atoms with van der Waals surface area (Å²) >= 11 is 6.04. The van der Waals surface area contributed by atoms with Crippen molar-refractivity contribution >= 4 is 34.8 Å². The Bertz CT molecular complexity index is 756. The maximum absolute atomic E-state index is 12.3. The van der Waals surface area contributed by atoms with E-state index in [-0.39, 0.29) is 11.8 Å². The molecule has 2 amide bonds. The molecule has 0 radical (unpaired) electrons. The number of carbonyl (C=O) groups excluding carboxylic acids is 2. The first kappa shape index (κ1) is 13.6. The predicted molar refractivity (Wildman–Crippen MR) is 82.9 cm³/mol. The molecule has 0 bridgehead atoms. The molecule has 0 spiro atoms. The van der Waals surface area contributed by atoms with E-state index in [1.807, 2.05) is 6.92 Å². The molecule has 0 saturated carbocycles. The van der Waals surface area contributed by atoms with Gasteiger partial charge in [-0.25, -0.2) is 0 Å². The van der Waals surface area contributed by atoms with Gasteiger partial charge in [0.25, 0.3) is 5.91 Å². The van der Waals surface area contributed by atoms with Crippen molar-refractivity contribution in [2.45, 2.75) is 13.3 Å². The van der Waals surface area contributed by atoms with Gasteiger partial charge in [0.15, 0.2) is 0 Å². The SMILES string of the molecule is Cc1c(Cl)cccc1NC(=O)c1ccc2c(c1)NC(=O)C2. The monoisotopic (exact) mass is 300 g/mol. The van der Waals surface area contributed by atoms with Crippen molar-refractivity contribution in [1.82, 2.24) is 0 Å². The van der Waals surface area contributed by atoms with E-state index in [2.05, 4.69) is 10.6 Å². The minimum atomic E-state index is -0.232. The van der Waals surface area contributed by atoms with Crippen LogP contribution in [0.25, 0.3) is 0 Å².